The summed E-state index contributed by atoms with van der Waals surface area (Å²) in [5, 5.41) is 1.24. The number of benzene rings is 1. The lowest BCUT2D eigenvalue weighted by molar-refractivity contribution is 0.0300. The molecule has 0 N–H and O–H groups in total. The standard InChI is InChI=1S/C18H25NO2/c1-6-7-8-20-12-21-18-10-16-14(4)11-19(5)17(16)9-15(18)13(2)3/h6-7,9-11,13H,8,12H2,1-5H3/b7-6+. The summed E-state index contributed by atoms with van der Waals surface area (Å²) in [7, 11) is 2.08. The highest BCUT2D eigenvalue weighted by molar-refractivity contribution is 5.86. The number of rotatable bonds is 6. The fourth-order valence-corrected chi connectivity index (χ4v) is 2.52. The van der Waals surface area contributed by atoms with E-state index in [0.717, 1.165) is 5.75 Å². The maximum absolute atomic E-state index is 5.85. The van der Waals surface area contributed by atoms with Gasteiger partial charge < -0.3 is 14.0 Å². The van der Waals surface area contributed by atoms with Crippen LogP contribution in [0.2, 0.25) is 0 Å². The molecule has 2 rings (SSSR count). The summed E-state index contributed by atoms with van der Waals surface area (Å²) in [5.41, 5.74) is 3.74. The first-order valence-electron chi connectivity index (χ1n) is 7.45. The predicted molar refractivity (Wildman–Crippen MR) is 88.0 cm³/mol. The van der Waals surface area contributed by atoms with Gasteiger partial charge in [0, 0.05) is 24.1 Å². The Morgan fingerprint density at radius 3 is 2.71 bits per heavy atom. The van der Waals surface area contributed by atoms with E-state index in [1.54, 1.807) is 0 Å². The van der Waals surface area contributed by atoms with Gasteiger partial charge in [0.1, 0.15) is 5.75 Å². The molecule has 1 aromatic carbocycles. The number of hydrogen-bond acceptors (Lipinski definition) is 2. The number of fused-ring (bicyclic) bond motifs is 1. The molecule has 0 aliphatic heterocycles. The third-order valence-corrected chi connectivity index (χ3v) is 3.69. The van der Waals surface area contributed by atoms with E-state index in [9.17, 15) is 0 Å². The zero-order valence-electron chi connectivity index (χ0n) is 13.6. The molecule has 0 saturated carbocycles. The second-order valence-corrected chi connectivity index (χ2v) is 5.69. The van der Waals surface area contributed by atoms with Crippen LogP contribution in [0, 0.1) is 6.92 Å². The molecule has 3 nitrogen and oxygen atoms in total. The summed E-state index contributed by atoms with van der Waals surface area (Å²) < 4.78 is 13.5. The lowest BCUT2D eigenvalue weighted by Gasteiger charge is -2.15. The highest BCUT2D eigenvalue weighted by Crippen LogP contribution is 2.33. The van der Waals surface area contributed by atoms with Crippen LogP contribution < -0.4 is 4.74 Å². The Morgan fingerprint density at radius 2 is 2.05 bits per heavy atom. The zero-order valence-corrected chi connectivity index (χ0v) is 13.6. The van der Waals surface area contributed by atoms with E-state index in [1.807, 2.05) is 19.1 Å². The van der Waals surface area contributed by atoms with E-state index < -0.39 is 0 Å². The van der Waals surface area contributed by atoms with Crippen molar-refractivity contribution < 1.29 is 9.47 Å². The summed E-state index contributed by atoms with van der Waals surface area (Å²) in [6.45, 7) is 9.34. The molecule has 0 amide bonds. The molecule has 0 spiro atoms. The Morgan fingerprint density at radius 1 is 1.29 bits per heavy atom. The zero-order chi connectivity index (χ0) is 15.4. The molecule has 0 bridgehead atoms. The quantitative estimate of drug-likeness (QED) is 0.442. The lowest BCUT2D eigenvalue weighted by Crippen LogP contribution is -2.05. The van der Waals surface area contributed by atoms with Gasteiger partial charge in [0.2, 0.25) is 0 Å². The Balaban J connectivity index is 2.27. The van der Waals surface area contributed by atoms with Crippen LogP contribution in [0.5, 0.6) is 5.75 Å². The van der Waals surface area contributed by atoms with Gasteiger partial charge in [0.25, 0.3) is 0 Å². The number of hydrogen-bond donors (Lipinski definition) is 0. The van der Waals surface area contributed by atoms with Crippen molar-refractivity contribution in [2.75, 3.05) is 13.4 Å². The van der Waals surface area contributed by atoms with Crippen molar-refractivity contribution in [3.63, 3.8) is 0 Å². The van der Waals surface area contributed by atoms with Gasteiger partial charge in [0.05, 0.1) is 6.61 Å². The molecule has 3 heteroatoms. The van der Waals surface area contributed by atoms with Crippen LogP contribution in [0.25, 0.3) is 10.9 Å². The van der Waals surface area contributed by atoms with E-state index in [0.29, 0.717) is 12.5 Å². The molecule has 0 fully saturated rings. The van der Waals surface area contributed by atoms with E-state index >= 15 is 0 Å². The van der Waals surface area contributed by atoms with E-state index in [2.05, 4.69) is 50.7 Å². The van der Waals surface area contributed by atoms with Crippen molar-refractivity contribution >= 4 is 10.9 Å². The SMILES string of the molecule is C/C=C/COCOc1cc2c(C)cn(C)c2cc1C(C)C. The Bertz CT molecular complexity index is 638. The summed E-state index contributed by atoms with van der Waals surface area (Å²) in [5.74, 6) is 1.34. The minimum Gasteiger partial charge on any atom is -0.467 e. The topological polar surface area (TPSA) is 23.4 Å². The molecule has 21 heavy (non-hydrogen) atoms. The maximum atomic E-state index is 5.85. The minimum atomic E-state index is 0.279. The first kappa shape index (κ1) is 15.6. The monoisotopic (exact) mass is 287 g/mol. The molecule has 0 unspecified atom stereocenters. The lowest BCUT2D eigenvalue weighted by atomic mass is 10.00. The fourth-order valence-electron chi connectivity index (χ4n) is 2.52. The molecule has 0 atom stereocenters. The van der Waals surface area contributed by atoms with Gasteiger partial charge in [-0.2, -0.15) is 0 Å². The largest absolute Gasteiger partial charge is 0.467 e. The number of aromatic nitrogens is 1. The third kappa shape index (κ3) is 3.48. The van der Waals surface area contributed by atoms with Gasteiger partial charge in [-0.05, 0) is 43.0 Å². The average Bonchev–Trinajstić information content (AvgIpc) is 2.72. The van der Waals surface area contributed by atoms with Crippen molar-refractivity contribution in [1.82, 2.24) is 4.57 Å². The van der Waals surface area contributed by atoms with Crippen molar-refractivity contribution in [3.05, 3.63) is 41.6 Å². The van der Waals surface area contributed by atoms with Crippen molar-refractivity contribution in [2.24, 2.45) is 7.05 Å². The molecule has 0 aliphatic rings. The smallest absolute Gasteiger partial charge is 0.189 e. The van der Waals surface area contributed by atoms with Crippen LogP contribution in [0.3, 0.4) is 0 Å². The molecular weight excluding hydrogens is 262 g/mol. The van der Waals surface area contributed by atoms with Crippen LogP contribution >= 0.6 is 0 Å². The molecule has 2 aromatic rings. The number of aryl methyl sites for hydroxylation is 2. The molecule has 0 aliphatic carbocycles. The second-order valence-electron chi connectivity index (χ2n) is 5.69. The number of allylic oxidation sites excluding steroid dienone is 1. The van der Waals surface area contributed by atoms with Crippen LogP contribution in [-0.2, 0) is 11.8 Å². The second kappa shape index (κ2) is 6.81. The van der Waals surface area contributed by atoms with E-state index in [-0.39, 0.29) is 6.79 Å². The Labute approximate surface area is 127 Å². The summed E-state index contributed by atoms with van der Waals surface area (Å²) >= 11 is 0. The van der Waals surface area contributed by atoms with Gasteiger partial charge in [-0.3, -0.25) is 0 Å². The first-order chi connectivity index (χ1) is 10.0. The van der Waals surface area contributed by atoms with Crippen molar-refractivity contribution in [3.8, 4) is 5.75 Å². The van der Waals surface area contributed by atoms with Gasteiger partial charge in [-0.25, -0.2) is 0 Å². The first-order valence-corrected chi connectivity index (χ1v) is 7.45. The van der Waals surface area contributed by atoms with E-state index in [1.165, 1.54) is 22.0 Å². The van der Waals surface area contributed by atoms with Crippen LogP contribution in [0.15, 0.2) is 30.5 Å². The summed E-state index contributed by atoms with van der Waals surface area (Å²) in [6.07, 6.45) is 6.09. The minimum absolute atomic E-state index is 0.279. The van der Waals surface area contributed by atoms with Crippen molar-refractivity contribution in [2.45, 2.75) is 33.6 Å². The van der Waals surface area contributed by atoms with E-state index in [4.69, 9.17) is 9.47 Å². The third-order valence-electron chi connectivity index (χ3n) is 3.69. The molecular formula is C18H25NO2. The van der Waals surface area contributed by atoms with Crippen LogP contribution in [0.4, 0.5) is 0 Å². The molecule has 0 saturated heterocycles. The molecule has 1 aromatic heterocycles. The highest BCUT2D eigenvalue weighted by Gasteiger charge is 2.13. The molecule has 0 radical (unpaired) electrons. The average molecular weight is 287 g/mol. The van der Waals surface area contributed by atoms with Crippen LogP contribution in [0.1, 0.15) is 37.8 Å². The fraction of sp³-hybridized carbons (Fsp3) is 0.444. The summed E-state index contributed by atoms with van der Waals surface area (Å²) in [6, 6.07) is 4.37. The van der Waals surface area contributed by atoms with Crippen molar-refractivity contribution in [1.29, 1.82) is 0 Å². The number of nitrogens with zero attached hydrogens (tertiary/aromatic N) is 1. The Kier molecular flexibility index (Phi) is 5.07. The summed E-state index contributed by atoms with van der Waals surface area (Å²) in [4.78, 5) is 0. The number of ether oxygens (including phenoxy) is 2. The Hall–Kier alpha value is -1.74. The van der Waals surface area contributed by atoms with Crippen LogP contribution in [-0.4, -0.2) is 18.0 Å². The van der Waals surface area contributed by atoms with Gasteiger partial charge in [-0.15, -0.1) is 0 Å². The van der Waals surface area contributed by atoms with Gasteiger partial charge in [0.15, 0.2) is 6.79 Å². The molecule has 114 valence electrons. The normalized spacial score (nSPS) is 11.9. The predicted octanol–water partition coefficient (Wildman–Crippen LogP) is 4.54. The van der Waals surface area contributed by atoms with Gasteiger partial charge >= 0.3 is 0 Å². The maximum Gasteiger partial charge on any atom is 0.189 e. The highest BCUT2D eigenvalue weighted by atomic mass is 16.7. The molecule has 1 heterocycles. The van der Waals surface area contributed by atoms with Gasteiger partial charge in [-0.1, -0.05) is 26.0 Å².